The lowest BCUT2D eigenvalue weighted by molar-refractivity contribution is -0.137. The maximum atomic E-state index is 12.8. The van der Waals surface area contributed by atoms with E-state index in [4.69, 9.17) is 11.6 Å². The summed E-state index contributed by atoms with van der Waals surface area (Å²) in [6, 6.07) is 10.1. The van der Waals surface area contributed by atoms with Gasteiger partial charge in [0.1, 0.15) is 5.82 Å². The third-order valence-electron chi connectivity index (χ3n) is 2.69. The fourth-order valence-electron chi connectivity index (χ4n) is 1.67. The van der Waals surface area contributed by atoms with Crippen molar-refractivity contribution in [3.63, 3.8) is 0 Å². The Morgan fingerprint density at radius 1 is 0.789 bits per heavy atom. The lowest BCUT2D eigenvalue weighted by Gasteiger charge is -2.12. The van der Waals surface area contributed by atoms with Crippen molar-refractivity contribution in [3.05, 3.63) is 71.0 Å². The fraction of sp³-hybridized carbons (Fsp3) is 0.143. The highest BCUT2D eigenvalue weighted by atomic mass is 35.5. The van der Waals surface area contributed by atoms with Gasteiger partial charge in [0.25, 0.3) is 0 Å². The zero-order chi connectivity index (χ0) is 14.0. The minimum Gasteiger partial charge on any atom is -0.207 e. The number of hydrogen-bond acceptors (Lipinski definition) is 0. The topological polar surface area (TPSA) is 0 Å². The first-order valence-corrected chi connectivity index (χ1v) is 5.88. The van der Waals surface area contributed by atoms with E-state index in [1.807, 2.05) is 0 Å². The van der Waals surface area contributed by atoms with Crippen molar-refractivity contribution < 1.29 is 17.6 Å². The highest BCUT2D eigenvalue weighted by molar-refractivity contribution is 6.22. The Morgan fingerprint density at radius 3 is 1.63 bits per heavy atom. The zero-order valence-corrected chi connectivity index (χ0v) is 10.3. The molecule has 0 aliphatic rings. The van der Waals surface area contributed by atoms with Crippen molar-refractivity contribution in [1.82, 2.24) is 0 Å². The van der Waals surface area contributed by atoms with Gasteiger partial charge in [-0.05, 0) is 35.4 Å². The molecule has 0 saturated carbocycles. The van der Waals surface area contributed by atoms with Gasteiger partial charge in [-0.25, -0.2) is 4.39 Å². The second-order valence-electron chi connectivity index (χ2n) is 4.03. The molecule has 0 spiro atoms. The van der Waals surface area contributed by atoms with Crippen molar-refractivity contribution in [3.8, 4) is 0 Å². The first kappa shape index (κ1) is 13.9. The molecule has 0 nitrogen and oxygen atoms in total. The molecule has 100 valence electrons. The van der Waals surface area contributed by atoms with Crippen LogP contribution in [-0.2, 0) is 6.18 Å². The van der Waals surface area contributed by atoms with E-state index in [2.05, 4.69) is 0 Å². The second kappa shape index (κ2) is 5.21. The van der Waals surface area contributed by atoms with Crippen LogP contribution in [0.25, 0.3) is 0 Å². The summed E-state index contributed by atoms with van der Waals surface area (Å²) in [6.07, 6.45) is -4.36. The quantitative estimate of drug-likeness (QED) is 0.528. The second-order valence-corrected chi connectivity index (χ2v) is 4.47. The van der Waals surface area contributed by atoms with Crippen molar-refractivity contribution in [1.29, 1.82) is 0 Å². The highest BCUT2D eigenvalue weighted by Gasteiger charge is 2.30. The van der Waals surface area contributed by atoms with Gasteiger partial charge in [0.15, 0.2) is 0 Å². The summed E-state index contributed by atoms with van der Waals surface area (Å²) in [6.45, 7) is 0. The molecule has 0 radical (unpaired) electrons. The van der Waals surface area contributed by atoms with Crippen LogP contribution < -0.4 is 0 Å². The van der Waals surface area contributed by atoms with Gasteiger partial charge in [0, 0.05) is 0 Å². The highest BCUT2D eigenvalue weighted by Crippen LogP contribution is 2.33. The first-order valence-electron chi connectivity index (χ1n) is 5.44. The number of hydrogen-bond donors (Lipinski definition) is 0. The number of rotatable bonds is 2. The van der Waals surface area contributed by atoms with Crippen LogP contribution in [0.1, 0.15) is 22.1 Å². The van der Waals surface area contributed by atoms with E-state index in [0.29, 0.717) is 11.1 Å². The minimum atomic E-state index is -4.36. The summed E-state index contributed by atoms with van der Waals surface area (Å²) in [7, 11) is 0. The largest absolute Gasteiger partial charge is 0.416 e. The molecule has 0 N–H and O–H groups in total. The maximum absolute atomic E-state index is 12.8. The third kappa shape index (κ3) is 3.26. The Labute approximate surface area is 112 Å². The molecular formula is C14H9ClF4. The lowest BCUT2D eigenvalue weighted by Crippen LogP contribution is -2.05. The van der Waals surface area contributed by atoms with E-state index in [0.717, 1.165) is 12.1 Å². The average molecular weight is 289 g/mol. The summed E-state index contributed by atoms with van der Waals surface area (Å²) >= 11 is 6.15. The summed E-state index contributed by atoms with van der Waals surface area (Å²) in [5.41, 5.74) is 0.434. The van der Waals surface area contributed by atoms with Gasteiger partial charge in [-0.3, -0.25) is 0 Å². The summed E-state index contributed by atoms with van der Waals surface area (Å²) < 4.78 is 50.0. The van der Waals surface area contributed by atoms with Crippen LogP contribution >= 0.6 is 11.6 Å². The monoisotopic (exact) mass is 288 g/mol. The lowest BCUT2D eigenvalue weighted by atomic mass is 10.0. The molecule has 5 heteroatoms. The van der Waals surface area contributed by atoms with E-state index in [-0.39, 0.29) is 5.82 Å². The fourth-order valence-corrected chi connectivity index (χ4v) is 1.96. The Hall–Kier alpha value is -1.55. The van der Waals surface area contributed by atoms with Crippen molar-refractivity contribution in [2.75, 3.05) is 0 Å². The van der Waals surface area contributed by atoms with Gasteiger partial charge in [0.05, 0.1) is 10.9 Å². The first-order chi connectivity index (χ1) is 8.88. The van der Waals surface area contributed by atoms with Gasteiger partial charge in [-0.1, -0.05) is 24.3 Å². The van der Waals surface area contributed by atoms with E-state index in [9.17, 15) is 17.6 Å². The summed E-state index contributed by atoms with van der Waals surface area (Å²) in [4.78, 5) is 0. The molecule has 2 aromatic carbocycles. The molecule has 0 aromatic heterocycles. The average Bonchev–Trinajstić information content (AvgIpc) is 2.38. The van der Waals surface area contributed by atoms with Crippen LogP contribution in [0.4, 0.5) is 17.6 Å². The van der Waals surface area contributed by atoms with Crippen molar-refractivity contribution in [2.45, 2.75) is 11.6 Å². The zero-order valence-electron chi connectivity index (χ0n) is 9.59. The van der Waals surface area contributed by atoms with E-state index >= 15 is 0 Å². The molecule has 2 rings (SSSR count). The maximum Gasteiger partial charge on any atom is 0.416 e. The molecule has 0 amide bonds. The van der Waals surface area contributed by atoms with E-state index in [1.165, 1.54) is 36.4 Å². The van der Waals surface area contributed by atoms with Gasteiger partial charge in [-0.15, -0.1) is 11.6 Å². The molecule has 0 fully saturated rings. The predicted octanol–water partition coefficient (Wildman–Crippen LogP) is 5.17. The van der Waals surface area contributed by atoms with Crippen LogP contribution in [0.5, 0.6) is 0 Å². The molecule has 1 atom stereocenters. The van der Waals surface area contributed by atoms with Crippen LogP contribution in [-0.4, -0.2) is 0 Å². The third-order valence-corrected chi connectivity index (χ3v) is 3.20. The number of alkyl halides is 4. The van der Waals surface area contributed by atoms with Crippen LogP contribution in [0.15, 0.2) is 48.5 Å². The van der Waals surface area contributed by atoms with Gasteiger partial charge < -0.3 is 0 Å². The van der Waals surface area contributed by atoms with E-state index in [1.54, 1.807) is 0 Å². The molecule has 0 aliphatic carbocycles. The molecule has 0 heterocycles. The Morgan fingerprint density at radius 2 is 1.21 bits per heavy atom. The van der Waals surface area contributed by atoms with Crippen molar-refractivity contribution >= 4 is 11.6 Å². The van der Waals surface area contributed by atoms with Gasteiger partial charge in [-0.2, -0.15) is 13.2 Å². The molecular weight excluding hydrogens is 280 g/mol. The van der Waals surface area contributed by atoms with Crippen molar-refractivity contribution in [2.24, 2.45) is 0 Å². The number of benzene rings is 2. The summed E-state index contributed by atoms with van der Waals surface area (Å²) in [5.74, 6) is -0.389. The smallest absolute Gasteiger partial charge is 0.207 e. The molecule has 1 unspecified atom stereocenters. The molecule has 19 heavy (non-hydrogen) atoms. The summed E-state index contributed by atoms with van der Waals surface area (Å²) in [5, 5.41) is -0.608. The van der Waals surface area contributed by atoms with Gasteiger partial charge >= 0.3 is 6.18 Å². The molecule has 0 aliphatic heterocycles. The Balaban J connectivity index is 2.25. The molecule has 0 saturated heterocycles. The Kier molecular flexibility index (Phi) is 3.80. The van der Waals surface area contributed by atoms with E-state index < -0.39 is 17.1 Å². The van der Waals surface area contributed by atoms with Gasteiger partial charge in [0.2, 0.25) is 0 Å². The number of halogens is 5. The predicted molar refractivity (Wildman–Crippen MR) is 65.5 cm³/mol. The SMILES string of the molecule is Fc1ccc(C(Cl)c2ccc(C(F)(F)F)cc2)cc1. The minimum absolute atomic E-state index is 0.389. The van der Waals surface area contributed by atoms with Crippen LogP contribution in [0.2, 0.25) is 0 Å². The normalized spacial score (nSPS) is 13.3. The Bertz CT molecular complexity index is 543. The standard InChI is InChI=1S/C14H9ClF4/c15-13(10-3-7-12(16)8-4-10)9-1-5-11(6-2-9)14(17,18)19/h1-8,13H. The van der Waals surface area contributed by atoms with Crippen LogP contribution in [0.3, 0.4) is 0 Å². The van der Waals surface area contributed by atoms with Crippen LogP contribution in [0, 0.1) is 5.82 Å². The molecule has 2 aromatic rings. The molecule has 0 bridgehead atoms.